The molecule has 4 heterocycles. The summed E-state index contributed by atoms with van der Waals surface area (Å²) in [6.07, 6.45) is 3.09. The lowest BCUT2D eigenvalue weighted by atomic mass is 10.0. The Hall–Kier alpha value is -4.08. The molecule has 0 spiro atoms. The summed E-state index contributed by atoms with van der Waals surface area (Å²) in [5, 5.41) is 12.1. The Kier molecular flexibility index (Phi) is 8.50. The van der Waals surface area contributed by atoms with Crippen molar-refractivity contribution in [3.8, 4) is 11.8 Å². The summed E-state index contributed by atoms with van der Waals surface area (Å²) in [7, 11) is 3.45. The number of aromatic nitrogens is 2. The molecule has 0 radical (unpaired) electrons. The molecule has 1 saturated heterocycles. The Bertz CT molecular complexity index is 1260. The van der Waals surface area contributed by atoms with Crippen LogP contribution in [0, 0.1) is 11.3 Å². The van der Waals surface area contributed by atoms with Crippen LogP contribution in [-0.2, 0) is 22.5 Å². The molecule has 2 aromatic heterocycles. The number of aldehydes is 1. The molecule has 0 aliphatic carbocycles. The molecule has 12 nitrogen and oxygen atoms in total. The number of piperazine rings is 1. The Morgan fingerprint density at radius 3 is 2.84 bits per heavy atom. The Morgan fingerprint density at radius 2 is 2.13 bits per heavy atom. The first-order chi connectivity index (χ1) is 18.3. The van der Waals surface area contributed by atoms with Gasteiger partial charge in [-0.15, -0.1) is 0 Å². The van der Waals surface area contributed by atoms with Crippen molar-refractivity contribution in [1.82, 2.24) is 19.8 Å². The molecule has 4 rings (SSSR count). The van der Waals surface area contributed by atoms with E-state index in [2.05, 4.69) is 15.3 Å². The number of carbonyl (C=O) groups is 3. The molecule has 12 heteroatoms. The lowest BCUT2D eigenvalue weighted by Gasteiger charge is -2.33. The second kappa shape index (κ2) is 12.0. The van der Waals surface area contributed by atoms with Crippen LogP contribution in [0.15, 0.2) is 18.3 Å². The molecule has 1 atom stereocenters. The van der Waals surface area contributed by atoms with Crippen LogP contribution in [0.25, 0.3) is 0 Å². The van der Waals surface area contributed by atoms with Crippen molar-refractivity contribution >= 4 is 29.9 Å². The highest BCUT2D eigenvalue weighted by atomic mass is 16.5. The van der Waals surface area contributed by atoms with E-state index in [9.17, 15) is 19.6 Å². The number of ether oxygens (including phenoxy) is 2. The number of hydrogen-bond acceptors (Lipinski definition) is 9. The molecule has 200 valence electrons. The van der Waals surface area contributed by atoms with Crippen molar-refractivity contribution in [2.45, 2.75) is 32.4 Å². The van der Waals surface area contributed by atoms with Gasteiger partial charge >= 0.3 is 6.03 Å². The largest absolute Gasteiger partial charge is 0.487 e. The predicted octanol–water partition coefficient (Wildman–Crippen LogP) is 1.83. The minimum Gasteiger partial charge on any atom is -0.487 e. The number of aryl methyl sites for hydroxylation is 1. The molecule has 1 unspecified atom stereocenters. The van der Waals surface area contributed by atoms with Crippen LogP contribution in [0.2, 0.25) is 0 Å². The third-order valence-electron chi connectivity index (χ3n) is 6.45. The molecule has 0 bridgehead atoms. The van der Waals surface area contributed by atoms with Crippen LogP contribution in [0.3, 0.4) is 0 Å². The summed E-state index contributed by atoms with van der Waals surface area (Å²) in [6, 6.07) is 4.93. The first kappa shape index (κ1) is 27.0. The molecule has 2 aliphatic rings. The van der Waals surface area contributed by atoms with E-state index in [-0.39, 0.29) is 34.8 Å². The summed E-state index contributed by atoms with van der Waals surface area (Å²) < 4.78 is 10.9. The molecule has 38 heavy (non-hydrogen) atoms. The molecular formula is C26H31N7O5. The van der Waals surface area contributed by atoms with Gasteiger partial charge in [0, 0.05) is 44.9 Å². The minimum absolute atomic E-state index is 0.00389. The third-order valence-corrected chi connectivity index (χ3v) is 6.45. The van der Waals surface area contributed by atoms with Crippen LogP contribution in [0.1, 0.15) is 40.5 Å². The average molecular weight is 522 g/mol. The van der Waals surface area contributed by atoms with Crippen molar-refractivity contribution in [1.29, 1.82) is 5.26 Å². The van der Waals surface area contributed by atoms with Crippen LogP contribution < -0.4 is 15.0 Å². The van der Waals surface area contributed by atoms with E-state index < -0.39 is 6.03 Å². The highest BCUT2D eigenvalue weighted by molar-refractivity contribution is 6.01. The average Bonchev–Trinajstić information content (AvgIpc) is 2.89. The molecule has 3 amide bonds. The first-order valence-corrected chi connectivity index (χ1v) is 12.4. The number of pyridine rings is 2. The molecule has 2 aliphatic heterocycles. The number of nitrogens with one attached hydrogen (secondary N) is 1. The number of rotatable bonds is 8. The van der Waals surface area contributed by atoms with Crippen LogP contribution in [0.4, 0.5) is 16.4 Å². The fourth-order valence-electron chi connectivity index (χ4n) is 4.53. The van der Waals surface area contributed by atoms with Crippen LogP contribution in [-0.4, -0.2) is 91.0 Å². The number of amides is 3. The van der Waals surface area contributed by atoms with Gasteiger partial charge < -0.3 is 14.4 Å². The van der Waals surface area contributed by atoms with Gasteiger partial charge in [0.25, 0.3) is 0 Å². The van der Waals surface area contributed by atoms with Crippen molar-refractivity contribution < 1.29 is 23.9 Å². The van der Waals surface area contributed by atoms with Gasteiger partial charge in [-0.2, -0.15) is 5.26 Å². The van der Waals surface area contributed by atoms with Crippen molar-refractivity contribution in [2.24, 2.45) is 0 Å². The van der Waals surface area contributed by atoms with Crippen LogP contribution in [0.5, 0.6) is 5.75 Å². The van der Waals surface area contributed by atoms with E-state index in [1.54, 1.807) is 18.9 Å². The molecular weight excluding hydrogens is 490 g/mol. The highest BCUT2D eigenvalue weighted by Gasteiger charge is 2.28. The van der Waals surface area contributed by atoms with E-state index in [4.69, 9.17) is 9.47 Å². The zero-order valence-electron chi connectivity index (χ0n) is 21.8. The summed E-state index contributed by atoms with van der Waals surface area (Å²) in [4.78, 5) is 51.5. The standard InChI is InChI=1S/C26H31N7O5/c1-17(16-37-3)38-22-10-23(28-12-20(22)11-27)30-26(36)33-6-4-5-18-9-19(21(15-34)29-25(18)33)13-32-8-7-31(2)14-24(32)35/h9-10,12,15,17H,4-8,13-14,16H2,1-3H3,(H,28,30,36). The summed E-state index contributed by atoms with van der Waals surface area (Å²) in [5.74, 6) is 0.903. The monoisotopic (exact) mass is 521 g/mol. The Balaban J connectivity index is 1.54. The van der Waals surface area contributed by atoms with Gasteiger partial charge in [-0.25, -0.2) is 14.8 Å². The van der Waals surface area contributed by atoms with Crippen molar-refractivity contribution in [3.05, 3.63) is 40.7 Å². The Labute approximate surface area is 221 Å². The van der Waals surface area contributed by atoms with Crippen molar-refractivity contribution in [3.63, 3.8) is 0 Å². The fourth-order valence-corrected chi connectivity index (χ4v) is 4.53. The molecule has 0 aromatic carbocycles. The number of fused-ring (bicyclic) bond motifs is 1. The fraction of sp³-hybridized carbons (Fsp3) is 0.462. The number of hydrogen-bond donors (Lipinski definition) is 1. The van der Waals surface area contributed by atoms with Gasteiger partial charge in [0.15, 0.2) is 6.29 Å². The van der Waals surface area contributed by atoms with E-state index in [1.807, 2.05) is 24.1 Å². The van der Waals surface area contributed by atoms with Gasteiger partial charge in [0.2, 0.25) is 5.91 Å². The number of nitriles is 1. The van der Waals surface area contributed by atoms with Crippen molar-refractivity contribution in [2.75, 3.05) is 57.2 Å². The van der Waals surface area contributed by atoms with E-state index >= 15 is 0 Å². The Morgan fingerprint density at radius 1 is 1.32 bits per heavy atom. The SMILES string of the molecule is COCC(C)Oc1cc(NC(=O)N2CCCc3cc(CN4CCN(C)CC4=O)c(C=O)nc32)ncc1C#N. The number of likely N-dealkylation sites (N-methyl/N-ethyl adjacent to an activating group) is 1. The number of methoxy groups -OCH3 is 1. The first-order valence-electron chi connectivity index (χ1n) is 12.4. The summed E-state index contributed by atoms with van der Waals surface area (Å²) in [5.41, 5.74) is 1.94. The smallest absolute Gasteiger partial charge is 0.328 e. The summed E-state index contributed by atoms with van der Waals surface area (Å²) >= 11 is 0. The van der Waals surface area contributed by atoms with Gasteiger partial charge in [0.1, 0.15) is 40.8 Å². The molecule has 1 fully saturated rings. The maximum atomic E-state index is 13.3. The van der Waals surface area contributed by atoms with E-state index in [1.165, 1.54) is 17.2 Å². The highest BCUT2D eigenvalue weighted by Crippen LogP contribution is 2.29. The topological polar surface area (TPSA) is 141 Å². The normalized spacial score (nSPS) is 16.4. The predicted molar refractivity (Wildman–Crippen MR) is 138 cm³/mol. The second-order valence-electron chi connectivity index (χ2n) is 9.43. The zero-order valence-corrected chi connectivity index (χ0v) is 21.8. The molecule has 0 saturated carbocycles. The maximum absolute atomic E-state index is 13.3. The molecule has 1 N–H and O–H groups in total. The number of anilines is 2. The van der Waals surface area contributed by atoms with Crippen LogP contribution >= 0.6 is 0 Å². The summed E-state index contributed by atoms with van der Waals surface area (Å²) in [6.45, 7) is 4.51. The molecule has 2 aromatic rings. The lowest BCUT2D eigenvalue weighted by Crippen LogP contribution is -2.48. The maximum Gasteiger partial charge on any atom is 0.328 e. The quantitative estimate of drug-likeness (QED) is 0.515. The van der Waals surface area contributed by atoms with Gasteiger partial charge in [0.05, 0.1) is 19.3 Å². The number of carbonyl (C=O) groups excluding carboxylic acids is 3. The van der Waals surface area contributed by atoms with Gasteiger partial charge in [-0.1, -0.05) is 0 Å². The van der Waals surface area contributed by atoms with Gasteiger partial charge in [-0.05, 0) is 38.4 Å². The second-order valence-corrected chi connectivity index (χ2v) is 9.43. The number of nitrogens with zero attached hydrogens (tertiary/aromatic N) is 6. The van der Waals surface area contributed by atoms with E-state index in [0.29, 0.717) is 63.3 Å². The number of urea groups is 1. The van der Waals surface area contributed by atoms with E-state index in [0.717, 1.165) is 12.1 Å². The lowest BCUT2D eigenvalue weighted by molar-refractivity contribution is -0.136. The zero-order chi connectivity index (χ0) is 27.2. The van der Waals surface area contributed by atoms with Gasteiger partial charge in [-0.3, -0.25) is 24.7 Å². The third kappa shape index (κ3) is 6.07. The minimum atomic E-state index is -0.467.